The smallest absolute Gasteiger partial charge is 0.290 e. The Labute approximate surface area is 162 Å². The molecule has 1 unspecified atom stereocenters. The largest absolute Gasteiger partial charge is 0.489 e. The third-order valence-corrected chi connectivity index (χ3v) is 4.59. The lowest BCUT2D eigenvalue weighted by molar-refractivity contribution is 0.0841. The molecule has 26 heavy (non-hydrogen) atoms. The molecule has 1 amide bonds. The molecule has 0 aliphatic carbocycles. The molecule has 0 saturated heterocycles. The summed E-state index contributed by atoms with van der Waals surface area (Å²) in [4.78, 5) is 15.9. The van der Waals surface area contributed by atoms with Crippen LogP contribution < -0.4 is 10.1 Å². The molecule has 1 atom stereocenters. The van der Waals surface area contributed by atoms with Crippen LogP contribution in [0.25, 0.3) is 0 Å². The highest BCUT2D eigenvalue weighted by atomic mass is 35.5. The molecular formula is C16H14Cl2F2N2O3S. The predicted molar refractivity (Wildman–Crippen MR) is 96.4 cm³/mol. The van der Waals surface area contributed by atoms with Crippen molar-refractivity contribution in [3.8, 4) is 5.75 Å². The number of nitrogens with zero attached hydrogens (tertiary/aromatic N) is 1. The number of thioether (sulfide) groups is 1. The minimum Gasteiger partial charge on any atom is -0.489 e. The molecule has 0 radical (unpaired) electrons. The first-order chi connectivity index (χ1) is 12.4. The molecule has 2 N–H and O–H groups in total. The second-order valence-electron chi connectivity index (χ2n) is 4.96. The van der Waals surface area contributed by atoms with E-state index < -0.39 is 17.8 Å². The summed E-state index contributed by atoms with van der Waals surface area (Å²) in [5, 5.41) is 12.8. The average Bonchev–Trinajstić information content (AvgIpc) is 2.61. The van der Waals surface area contributed by atoms with Crippen molar-refractivity contribution < 1.29 is 23.4 Å². The van der Waals surface area contributed by atoms with Crippen molar-refractivity contribution in [1.82, 2.24) is 10.3 Å². The molecule has 1 aromatic heterocycles. The second-order valence-corrected chi connectivity index (χ2v) is 6.73. The summed E-state index contributed by atoms with van der Waals surface area (Å²) >= 11 is 12.0. The Balaban J connectivity index is 1.88. The van der Waals surface area contributed by atoms with Crippen molar-refractivity contribution in [3.05, 3.63) is 52.1 Å². The Bertz CT molecular complexity index is 768. The number of pyridine rings is 1. The lowest BCUT2D eigenvalue weighted by atomic mass is 10.2. The van der Waals surface area contributed by atoms with Crippen molar-refractivity contribution in [2.24, 2.45) is 0 Å². The number of aliphatic hydroxyl groups is 1. The Morgan fingerprint density at radius 1 is 1.31 bits per heavy atom. The molecule has 0 aliphatic rings. The van der Waals surface area contributed by atoms with Crippen LogP contribution in [0.1, 0.15) is 10.4 Å². The first kappa shape index (κ1) is 20.7. The summed E-state index contributed by atoms with van der Waals surface area (Å²) in [6.07, 6.45) is 0.274. The number of aromatic nitrogens is 1. The Morgan fingerprint density at radius 3 is 2.81 bits per heavy atom. The minimum atomic E-state index is -2.70. The first-order valence-electron chi connectivity index (χ1n) is 7.31. The van der Waals surface area contributed by atoms with Gasteiger partial charge < -0.3 is 15.2 Å². The molecule has 0 spiro atoms. The highest BCUT2D eigenvalue weighted by molar-refractivity contribution is 7.99. The molecule has 10 heteroatoms. The van der Waals surface area contributed by atoms with Crippen LogP contribution in [0.4, 0.5) is 8.78 Å². The fourth-order valence-electron chi connectivity index (χ4n) is 1.89. The van der Waals surface area contributed by atoms with Crippen LogP contribution >= 0.6 is 35.0 Å². The van der Waals surface area contributed by atoms with E-state index in [1.165, 1.54) is 18.3 Å². The standard InChI is InChI=1S/C16H14Cl2F2N2O3S/c17-11-4-1-5-12(13(11)18)25-8-9(23)7-22-14(24)10-3-2-6-21-15(10)26-16(19)20/h1-6,9,16,23H,7-8H2,(H,22,24). The molecular weight excluding hydrogens is 409 g/mol. The van der Waals surface area contributed by atoms with Crippen LogP contribution in [0.2, 0.25) is 10.0 Å². The summed E-state index contributed by atoms with van der Waals surface area (Å²) in [7, 11) is 0. The zero-order valence-electron chi connectivity index (χ0n) is 13.2. The van der Waals surface area contributed by atoms with Gasteiger partial charge in [-0.25, -0.2) is 4.98 Å². The fraction of sp³-hybridized carbons (Fsp3) is 0.250. The Hall–Kier alpha value is -1.61. The van der Waals surface area contributed by atoms with Gasteiger partial charge in [-0.3, -0.25) is 4.79 Å². The number of nitrogens with one attached hydrogen (secondary N) is 1. The molecule has 0 bridgehead atoms. The van der Waals surface area contributed by atoms with Gasteiger partial charge in [-0.15, -0.1) is 0 Å². The molecule has 140 valence electrons. The average molecular weight is 423 g/mol. The van der Waals surface area contributed by atoms with Crippen molar-refractivity contribution in [1.29, 1.82) is 0 Å². The van der Waals surface area contributed by atoms with E-state index in [0.717, 1.165) is 0 Å². The lowest BCUT2D eigenvalue weighted by Crippen LogP contribution is -2.35. The molecule has 0 saturated carbocycles. The van der Waals surface area contributed by atoms with Gasteiger partial charge in [0.15, 0.2) is 0 Å². The summed E-state index contributed by atoms with van der Waals surface area (Å²) in [5.41, 5.74) is 0.00352. The van der Waals surface area contributed by atoms with E-state index in [0.29, 0.717) is 10.8 Å². The van der Waals surface area contributed by atoms with Gasteiger partial charge in [0, 0.05) is 12.7 Å². The molecule has 1 heterocycles. The minimum absolute atomic E-state index is 0.00352. The van der Waals surface area contributed by atoms with Crippen LogP contribution in [0, 0.1) is 0 Å². The second kappa shape index (κ2) is 9.91. The van der Waals surface area contributed by atoms with Gasteiger partial charge in [-0.1, -0.05) is 29.3 Å². The maximum atomic E-state index is 12.5. The molecule has 2 aromatic rings. The first-order valence-corrected chi connectivity index (χ1v) is 8.95. The maximum absolute atomic E-state index is 12.5. The zero-order chi connectivity index (χ0) is 19.1. The Kier molecular flexibility index (Phi) is 7.89. The number of carbonyl (C=O) groups is 1. The number of aliphatic hydroxyl groups excluding tert-OH is 1. The Morgan fingerprint density at radius 2 is 2.08 bits per heavy atom. The van der Waals surface area contributed by atoms with Gasteiger partial charge in [0.05, 0.1) is 10.6 Å². The van der Waals surface area contributed by atoms with Crippen LogP contribution in [-0.4, -0.2) is 41.0 Å². The van der Waals surface area contributed by atoms with Crippen molar-refractivity contribution in [2.45, 2.75) is 16.9 Å². The van der Waals surface area contributed by atoms with E-state index in [2.05, 4.69) is 10.3 Å². The number of carbonyl (C=O) groups excluding carboxylic acids is 1. The SMILES string of the molecule is O=C(NCC(O)COc1cccc(Cl)c1Cl)c1cccnc1SC(F)F. The molecule has 2 rings (SSSR count). The van der Waals surface area contributed by atoms with Gasteiger partial charge in [-0.05, 0) is 36.0 Å². The van der Waals surface area contributed by atoms with Crippen LogP contribution in [0.15, 0.2) is 41.6 Å². The van der Waals surface area contributed by atoms with Crippen LogP contribution in [0.3, 0.4) is 0 Å². The summed E-state index contributed by atoms with van der Waals surface area (Å²) < 4.78 is 30.4. The third kappa shape index (κ3) is 5.98. The maximum Gasteiger partial charge on any atom is 0.290 e. The number of hydrogen-bond donors (Lipinski definition) is 2. The number of rotatable bonds is 8. The van der Waals surface area contributed by atoms with Gasteiger partial charge in [-0.2, -0.15) is 8.78 Å². The van der Waals surface area contributed by atoms with E-state index >= 15 is 0 Å². The number of amides is 1. The van der Waals surface area contributed by atoms with E-state index in [1.54, 1.807) is 18.2 Å². The highest BCUT2D eigenvalue weighted by Crippen LogP contribution is 2.31. The molecule has 0 aliphatic heterocycles. The fourth-order valence-corrected chi connectivity index (χ4v) is 2.81. The number of alkyl halides is 2. The molecule has 1 aromatic carbocycles. The predicted octanol–water partition coefficient (Wildman–Crippen LogP) is 3.87. The van der Waals surface area contributed by atoms with Gasteiger partial charge in [0.25, 0.3) is 11.7 Å². The zero-order valence-corrected chi connectivity index (χ0v) is 15.5. The summed E-state index contributed by atoms with van der Waals surface area (Å²) in [5.74, 6) is -3.02. The van der Waals surface area contributed by atoms with E-state index in [-0.39, 0.29) is 40.5 Å². The highest BCUT2D eigenvalue weighted by Gasteiger charge is 2.17. The van der Waals surface area contributed by atoms with Gasteiger partial charge in [0.2, 0.25) is 0 Å². The lowest BCUT2D eigenvalue weighted by Gasteiger charge is -2.15. The molecule has 0 fully saturated rings. The van der Waals surface area contributed by atoms with Crippen molar-refractivity contribution >= 4 is 40.9 Å². The summed E-state index contributed by atoms with van der Waals surface area (Å²) in [6.45, 7) is -0.295. The van der Waals surface area contributed by atoms with Gasteiger partial charge in [0.1, 0.15) is 28.5 Å². The van der Waals surface area contributed by atoms with Crippen LogP contribution in [0.5, 0.6) is 5.75 Å². The number of halogens is 4. The normalized spacial score (nSPS) is 12.1. The number of benzene rings is 1. The monoisotopic (exact) mass is 422 g/mol. The van der Waals surface area contributed by atoms with Crippen LogP contribution in [-0.2, 0) is 0 Å². The van der Waals surface area contributed by atoms with Crippen molar-refractivity contribution in [3.63, 3.8) is 0 Å². The van der Waals surface area contributed by atoms with E-state index in [4.69, 9.17) is 27.9 Å². The number of ether oxygens (including phenoxy) is 1. The topological polar surface area (TPSA) is 71.5 Å². The molecule has 5 nitrogen and oxygen atoms in total. The van der Waals surface area contributed by atoms with Gasteiger partial charge >= 0.3 is 0 Å². The van der Waals surface area contributed by atoms with E-state index in [9.17, 15) is 18.7 Å². The quantitative estimate of drug-likeness (QED) is 0.631. The van der Waals surface area contributed by atoms with E-state index in [1.807, 2.05) is 0 Å². The number of hydrogen-bond acceptors (Lipinski definition) is 5. The van der Waals surface area contributed by atoms with Crippen molar-refractivity contribution in [2.75, 3.05) is 13.2 Å². The third-order valence-electron chi connectivity index (χ3n) is 3.06. The summed E-state index contributed by atoms with van der Waals surface area (Å²) in [6, 6.07) is 7.66.